The van der Waals surface area contributed by atoms with Crippen molar-refractivity contribution in [1.29, 1.82) is 0 Å². The minimum Gasteiger partial charge on any atom is -0.497 e. The van der Waals surface area contributed by atoms with Gasteiger partial charge in [-0.2, -0.15) is 0 Å². The monoisotopic (exact) mass is 373 g/mol. The molecule has 0 saturated heterocycles. The van der Waals surface area contributed by atoms with E-state index in [4.69, 9.17) is 15.2 Å². The van der Waals surface area contributed by atoms with Crippen LogP contribution in [0, 0.1) is 0 Å². The van der Waals surface area contributed by atoms with E-state index in [2.05, 4.69) is 26.2 Å². The molecule has 1 heterocycles. The first-order valence-electron chi connectivity index (χ1n) is 6.95. The molecule has 0 bridgehead atoms. The molecule has 23 heavy (non-hydrogen) atoms. The van der Waals surface area contributed by atoms with Crippen molar-refractivity contribution >= 4 is 43.9 Å². The molecule has 2 aromatic carbocycles. The molecular weight excluding hydrogens is 358 g/mol. The maximum absolute atomic E-state index is 6.13. The third-order valence-corrected chi connectivity index (χ3v) is 4.02. The molecule has 0 unspecified atom stereocenters. The Morgan fingerprint density at radius 2 is 1.91 bits per heavy atom. The summed E-state index contributed by atoms with van der Waals surface area (Å²) in [4.78, 5) is 4.36. The third-order valence-electron chi connectivity index (χ3n) is 3.53. The van der Waals surface area contributed by atoms with E-state index in [1.165, 1.54) is 0 Å². The molecule has 0 aliphatic rings. The van der Waals surface area contributed by atoms with Crippen molar-refractivity contribution in [3.05, 3.63) is 47.1 Å². The van der Waals surface area contributed by atoms with Crippen LogP contribution in [0.4, 0.5) is 17.1 Å². The number of fused-ring (bicyclic) bond motifs is 1. The van der Waals surface area contributed by atoms with Crippen LogP contribution in [0.5, 0.6) is 11.5 Å². The van der Waals surface area contributed by atoms with E-state index in [1.807, 2.05) is 36.4 Å². The summed E-state index contributed by atoms with van der Waals surface area (Å²) in [6, 6.07) is 11.4. The smallest absolute Gasteiger partial charge is 0.145 e. The van der Waals surface area contributed by atoms with Crippen LogP contribution in [0.3, 0.4) is 0 Å². The van der Waals surface area contributed by atoms with Gasteiger partial charge in [-0.3, -0.25) is 4.98 Å². The summed E-state index contributed by atoms with van der Waals surface area (Å²) >= 11 is 3.49. The van der Waals surface area contributed by atoms with Crippen LogP contribution in [0.15, 0.2) is 47.1 Å². The highest BCUT2D eigenvalue weighted by Crippen LogP contribution is 2.36. The molecule has 0 aliphatic heterocycles. The van der Waals surface area contributed by atoms with E-state index in [1.54, 1.807) is 20.4 Å². The SMILES string of the molecule is COc1ccc(Nc2c(N)cnc3ccc(Br)cc23)c(OC)c1. The van der Waals surface area contributed by atoms with Gasteiger partial charge in [0.25, 0.3) is 0 Å². The Labute approximate surface area is 142 Å². The number of benzene rings is 2. The van der Waals surface area contributed by atoms with Crippen LogP contribution < -0.4 is 20.5 Å². The van der Waals surface area contributed by atoms with Gasteiger partial charge in [0, 0.05) is 15.9 Å². The zero-order valence-corrected chi connectivity index (χ0v) is 14.3. The number of pyridine rings is 1. The van der Waals surface area contributed by atoms with E-state index in [9.17, 15) is 0 Å². The molecule has 0 spiro atoms. The zero-order chi connectivity index (χ0) is 16.4. The second-order valence-corrected chi connectivity index (χ2v) is 5.86. The fourth-order valence-electron chi connectivity index (χ4n) is 2.36. The summed E-state index contributed by atoms with van der Waals surface area (Å²) in [5.41, 5.74) is 9.14. The number of nitrogen functional groups attached to an aromatic ring is 1. The number of aromatic nitrogens is 1. The number of rotatable bonds is 4. The third kappa shape index (κ3) is 3.03. The molecule has 0 aliphatic carbocycles. The lowest BCUT2D eigenvalue weighted by Gasteiger charge is -2.15. The number of nitrogens with one attached hydrogen (secondary N) is 1. The molecule has 1 aromatic heterocycles. The fraction of sp³-hybridized carbons (Fsp3) is 0.118. The van der Waals surface area contributed by atoms with Gasteiger partial charge in [0.2, 0.25) is 0 Å². The predicted molar refractivity (Wildman–Crippen MR) is 96.7 cm³/mol. The lowest BCUT2D eigenvalue weighted by molar-refractivity contribution is 0.395. The van der Waals surface area contributed by atoms with Gasteiger partial charge >= 0.3 is 0 Å². The molecule has 6 heteroatoms. The molecule has 118 valence electrons. The molecule has 5 nitrogen and oxygen atoms in total. The second-order valence-electron chi connectivity index (χ2n) is 4.94. The van der Waals surface area contributed by atoms with Crippen LogP contribution in [-0.2, 0) is 0 Å². The lowest BCUT2D eigenvalue weighted by Crippen LogP contribution is -2.00. The summed E-state index contributed by atoms with van der Waals surface area (Å²) in [5.74, 6) is 1.39. The van der Waals surface area contributed by atoms with Gasteiger partial charge in [-0.1, -0.05) is 15.9 Å². The van der Waals surface area contributed by atoms with Crippen molar-refractivity contribution in [2.75, 3.05) is 25.3 Å². The van der Waals surface area contributed by atoms with Gasteiger partial charge in [-0.25, -0.2) is 0 Å². The number of methoxy groups -OCH3 is 2. The van der Waals surface area contributed by atoms with Crippen LogP contribution >= 0.6 is 15.9 Å². The fourth-order valence-corrected chi connectivity index (χ4v) is 2.72. The number of anilines is 3. The Hall–Kier alpha value is -2.47. The summed E-state index contributed by atoms with van der Waals surface area (Å²) in [5, 5.41) is 4.27. The van der Waals surface area contributed by atoms with Gasteiger partial charge in [0.15, 0.2) is 0 Å². The summed E-state index contributed by atoms with van der Waals surface area (Å²) < 4.78 is 11.6. The Balaban J connectivity index is 2.11. The Kier molecular flexibility index (Phi) is 4.25. The Morgan fingerprint density at radius 1 is 1.09 bits per heavy atom. The van der Waals surface area contributed by atoms with Crippen molar-refractivity contribution in [1.82, 2.24) is 4.98 Å². The van der Waals surface area contributed by atoms with Gasteiger partial charge in [-0.05, 0) is 30.3 Å². The largest absolute Gasteiger partial charge is 0.497 e. The van der Waals surface area contributed by atoms with Crippen molar-refractivity contribution in [3.63, 3.8) is 0 Å². The first-order chi connectivity index (χ1) is 11.1. The minimum atomic E-state index is 0.563. The number of hydrogen-bond donors (Lipinski definition) is 2. The van der Waals surface area contributed by atoms with Gasteiger partial charge in [-0.15, -0.1) is 0 Å². The van der Waals surface area contributed by atoms with Crippen LogP contribution in [0.25, 0.3) is 10.9 Å². The maximum atomic E-state index is 6.13. The molecular formula is C17H16BrN3O2. The average Bonchev–Trinajstić information content (AvgIpc) is 2.57. The number of ether oxygens (including phenoxy) is 2. The number of nitrogens with two attached hydrogens (primary N) is 1. The molecule has 3 rings (SSSR count). The standard InChI is InChI=1S/C17H16BrN3O2/c1-22-11-4-6-15(16(8-11)23-2)21-17-12-7-10(18)3-5-14(12)20-9-13(17)19/h3-9H,19H2,1-2H3,(H,20,21). The van der Waals surface area contributed by atoms with Crippen molar-refractivity contribution in [3.8, 4) is 11.5 Å². The first-order valence-corrected chi connectivity index (χ1v) is 7.74. The van der Waals surface area contributed by atoms with Crippen molar-refractivity contribution in [2.45, 2.75) is 0 Å². The van der Waals surface area contributed by atoms with Crippen molar-refractivity contribution < 1.29 is 9.47 Å². The maximum Gasteiger partial charge on any atom is 0.145 e. The normalized spacial score (nSPS) is 10.6. The molecule has 0 fully saturated rings. The quantitative estimate of drug-likeness (QED) is 0.711. The van der Waals surface area contributed by atoms with Gasteiger partial charge < -0.3 is 20.5 Å². The molecule has 0 atom stereocenters. The van der Waals surface area contributed by atoms with Gasteiger partial charge in [0.1, 0.15) is 11.5 Å². The molecule has 3 N–H and O–H groups in total. The average molecular weight is 374 g/mol. The van der Waals surface area contributed by atoms with Crippen LogP contribution in [0.2, 0.25) is 0 Å². The highest BCUT2D eigenvalue weighted by molar-refractivity contribution is 9.10. The predicted octanol–water partition coefficient (Wildman–Crippen LogP) is 4.34. The van der Waals surface area contributed by atoms with E-state index in [0.717, 1.165) is 32.5 Å². The highest BCUT2D eigenvalue weighted by atomic mass is 79.9. The summed E-state index contributed by atoms with van der Waals surface area (Å²) in [6.07, 6.45) is 1.65. The molecule has 0 radical (unpaired) electrons. The summed E-state index contributed by atoms with van der Waals surface area (Å²) in [6.45, 7) is 0. The lowest BCUT2D eigenvalue weighted by atomic mass is 10.1. The molecule has 0 saturated carbocycles. The Bertz CT molecular complexity index is 863. The van der Waals surface area contributed by atoms with Crippen LogP contribution in [-0.4, -0.2) is 19.2 Å². The summed E-state index contributed by atoms with van der Waals surface area (Å²) in [7, 11) is 3.23. The number of halogens is 1. The molecule has 0 amide bonds. The molecule has 3 aromatic rings. The zero-order valence-electron chi connectivity index (χ0n) is 12.8. The minimum absolute atomic E-state index is 0.563. The van der Waals surface area contributed by atoms with E-state index in [-0.39, 0.29) is 0 Å². The van der Waals surface area contributed by atoms with Crippen molar-refractivity contribution in [2.24, 2.45) is 0 Å². The number of hydrogen-bond acceptors (Lipinski definition) is 5. The topological polar surface area (TPSA) is 69.4 Å². The Morgan fingerprint density at radius 3 is 2.65 bits per heavy atom. The van der Waals surface area contributed by atoms with E-state index >= 15 is 0 Å². The highest BCUT2D eigenvalue weighted by Gasteiger charge is 2.11. The second kappa shape index (κ2) is 6.34. The van der Waals surface area contributed by atoms with Gasteiger partial charge in [0.05, 0.1) is 43.0 Å². The number of nitrogens with zero attached hydrogens (tertiary/aromatic N) is 1. The first kappa shape index (κ1) is 15.4. The van der Waals surface area contributed by atoms with E-state index < -0.39 is 0 Å². The van der Waals surface area contributed by atoms with E-state index in [0.29, 0.717) is 11.4 Å². The van der Waals surface area contributed by atoms with Crippen LogP contribution in [0.1, 0.15) is 0 Å².